The largest absolute Gasteiger partial charge is 0.490 e. The second-order valence-corrected chi connectivity index (χ2v) is 4.35. The minimum absolute atomic E-state index is 0.00471. The summed E-state index contributed by atoms with van der Waals surface area (Å²) in [5, 5.41) is 2.63. The summed E-state index contributed by atoms with van der Waals surface area (Å²) in [4.78, 5) is 11.7. The number of halogens is 2. The first-order valence-electron chi connectivity index (χ1n) is 6.28. The third kappa shape index (κ3) is 4.45. The number of rotatable bonds is 5. The number of benzene rings is 2. The second-order valence-electron chi connectivity index (χ2n) is 4.35. The van der Waals surface area contributed by atoms with Crippen LogP contribution in [-0.2, 0) is 4.79 Å². The van der Waals surface area contributed by atoms with Gasteiger partial charge in [-0.3, -0.25) is 4.79 Å². The monoisotopic (exact) mass is 292 g/mol. The summed E-state index contributed by atoms with van der Waals surface area (Å²) < 4.78 is 31.2. The van der Waals surface area contributed by atoms with Crippen molar-refractivity contribution in [3.8, 4) is 5.75 Å². The number of amides is 1. The number of anilines is 2. The van der Waals surface area contributed by atoms with Crippen LogP contribution in [0.3, 0.4) is 0 Å². The van der Waals surface area contributed by atoms with Crippen LogP contribution in [0.4, 0.5) is 20.2 Å². The van der Waals surface area contributed by atoms with Gasteiger partial charge in [-0.15, -0.1) is 0 Å². The van der Waals surface area contributed by atoms with Gasteiger partial charge in [0.2, 0.25) is 5.91 Å². The normalized spacial score (nSPS) is 10.2. The molecule has 2 rings (SSSR count). The van der Waals surface area contributed by atoms with Crippen LogP contribution >= 0.6 is 0 Å². The van der Waals surface area contributed by atoms with E-state index in [1.54, 1.807) is 24.3 Å². The van der Waals surface area contributed by atoms with E-state index in [4.69, 9.17) is 10.5 Å². The van der Waals surface area contributed by atoms with E-state index in [-0.39, 0.29) is 24.7 Å². The molecule has 0 aliphatic rings. The first-order valence-corrected chi connectivity index (χ1v) is 6.28. The lowest BCUT2D eigenvalue weighted by molar-refractivity contribution is -0.116. The number of carbonyl (C=O) groups is 1. The second kappa shape index (κ2) is 6.69. The Morgan fingerprint density at radius 2 is 2.00 bits per heavy atom. The molecule has 0 saturated heterocycles. The summed E-state index contributed by atoms with van der Waals surface area (Å²) in [6, 6.07) is 9.62. The molecule has 6 heteroatoms. The number of nitrogens with two attached hydrogens (primary N) is 1. The predicted molar refractivity (Wildman–Crippen MR) is 76.0 cm³/mol. The highest BCUT2D eigenvalue weighted by atomic mass is 19.1. The van der Waals surface area contributed by atoms with Crippen LogP contribution in [0.1, 0.15) is 6.42 Å². The Balaban J connectivity index is 1.83. The van der Waals surface area contributed by atoms with Crippen molar-refractivity contribution >= 4 is 17.3 Å². The van der Waals surface area contributed by atoms with Crippen LogP contribution in [0, 0.1) is 11.6 Å². The molecule has 3 N–H and O–H groups in total. The molecule has 4 nitrogen and oxygen atoms in total. The molecule has 2 aromatic carbocycles. The standard InChI is InChI=1S/C15H14F2N2O2/c16-10-4-5-13(17)14(8-10)21-7-6-15(20)19-12-3-1-2-11(18)9-12/h1-5,8-9H,6-7,18H2,(H,19,20). The van der Waals surface area contributed by atoms with Crippen molar-refractivity contribution in [1.29, 1.82) is 0 Å². The summed E-state index contributed by atoms with van der Waals surface area (Å²) in [6.07, 6.45) is 0.00471. The number of ether oxygens (including phenoxy) is 1. The maximum atomic E-state index is 13.3. The lowest BCUT2D eigenvalue weighted by Gasteiger charge is -2.08. The van der Waals surface area contributed by atoms with Crippen LogP contribution in [0.25, 0.3) is 0 Å². The van der Waals surface area contributed by atoms with Crippen molar-refractivity contribution in [1.82, 2.24) is 0 Å². The molecule has 0 aliphatic heterocycles. The van der Waals surface area contributed by atoms with E-state index in [1.165, 1.54) is 0 Å². The van der Waals surface area contributed by atoms with Gasteiger partial charge in [-0.25, -0.2) is 8.78 Å². The van der Waals surface area contributed by atoms with E-state index in [1.807, 2.05) is 0 Å². The molecular formula is C15H14F2N2O2. The van der Waals surface area contributed by atoms with E-state index in [0.717, 1.165) is 18.2 Å². The SMILES string of the molecule is Nc1cccc(NC(=O)CCOc2cc(F)ccc2F)c1. The van der Waals surface area contributed by atoms with E-state index in [0.29, 0.717) is 11.4 Å². The molecule has 0 aromatic heterocycles. The van der Waals surface area contributed by atoms with E-state index in [9.17, 15) is 13.6 Å². The maximum Gasteiger partial charge on any atom is 0.227 e. The number of nitrogens with one attached hydrogen (secondary N) is 1. The Labute approximate surface area is 120 Å². The Morgan fingerprint density at radius 1 is 1.19 bits per heavy atom. The predicted octanol–water partition coefficient (Wildman–Crippen LogP) is 2.95. The van der Waals surface area contributed by atoms with Gasteiger partial charge < -0.3 is 15.8 Å². The molecule has 0 atom stereocenters. The van der Waals surface area contributed by atoms with Gasteiger partial charge >= 0.3 is 0 Å². The summed E-state index contributed by atoms with van der Waals surface area (Å²) in [7, 11) is 0. The van der Waals surface area contributed by atoms with Gasteiger partial charge in [-0.2, -0.15) is 0 Å². The van der Waals surface area contributed by atoms with Gasteiger partial charge in [0.25, 0.3) is 0 Å². The minimum atomic E-state index is -0.673. The fourth-order valence-corrected chi connectivity index (χ4v) is 1.68. The fraction of sp³-hybridized carbons (Fsp3) is 0.133. The first kappa shape index (κ1) is 14.8. The van der Waals surface area contributed by atoms with Crippen molar-refractivity contribution in [3.05, 3.63) is 54.1 Å². The Hall–Kier alpha value is -2.63. The molecule has 110 valence electrons. The third-order valence-corrected chi connectivity index (χ3v) is 2.65. The van der Waals surface area contributed by atoms with Crippen LogP contribution < -0.4 is 15.8 Å². The molecule has 0 spiro atoms. The molecule has 0 aliphatic carbocycles. The molecule has 2 aromatic rings. The number of hydrogen-bond acceptors (Lipinski definition) is 3. The van der Waals surface area contributed by atoms with E-state index < -0.39 is 11.6 Å². The van der Waals surface area contributed by atoms with Crippen molar-refractivity contribution in [2.45, 2.75) is 6.42 Å². The van der Waals surface area contributed by atoms with Gasteiger partial charge in [-0.05, 0) is 30.3 Å². The smallest absolute Gasteiger partial charge is 0.227 e. The highest BCUT2D eigenvalue weighted by Gasteiger charge is 2.07. The minimum Gasteiger partial charge on any atom is -0.490 e. The lowest BCUT2D eigenvalue weighted by atomic mass is 10.2. The molecule has 0 saturated carbocycles. The molecule has 0 bridgehead atoms. The van der Waals surface area contributed by atoms with Crippen LogP contribution in [0.15, 0.2) is 42.5 Å². The van der Waals surface area contributed by atoms with Gasteiger partial charge in [-0.1, -0.05) is 6.07 Å². The Bertz CT molecular complexity index is 647. The van der Waals surface area contributed by atoms with Crippen LogP contribution in [0.5, 0.6) is 5.75 Å². The van der Waals surface area contributed by atoms with Crippen LogP contribution in [0.2, 0.25) is 0 Å². The summed E-state index contributed by atoms with van der Waals surface area (Å²) in [6.45, 7) is -0.0610. The fourth-order valence-electron chi connectivity index (χ4n) is 1.68. The number of nitrogen functional groups attached to an aromatic ring is 1. The van der Waals surface area contributed by atoms with E-state index >= 15 is 0 Å². The average Bonchev–Trinajstić information content (AvgIpc) is 2.42. The lowest BCUT2D eigenvalue weighted by Crippen LogP contribution is -2.15. The number of hydrogen-bond donors (Lipinski definition) is 2. The summed E-state index contributed by atoms with van der Waals surface area (Å²) >= 11 is 0. The Kier molecular flexibility index (Phi) is 4.71. The van der Waals surface area contributed by atoms with Crippen LogP contribution in [-0.4, -0.2) is 12.5 Å². The average molecular weight is 292 g/mol. The highest BCUT2D eigenvalue weighted by Crippen LogP contribution is 2.18. The topological polar surface area (TPSA) is 64.3 Å². The van der Waals surface area contributed by atoms with Gasteiger partial charge in [0.05, 0.1) is 13.0 Å². The van der Waals surface area contributed by atoms with Crippen molar-refractivity contribution in [2.75, 3.05) is 17.7 Å². The first-order chi connectivity index (χ1) is 10.0. The zero-order valence-corrected chi connectivity index (χ0v) is 11.1. The molecular weight excluding hydrogens is 278 g/mol. The maximum absolute atomic E-state index is 13.3. The zero-order valence-electron chi connectivity index (χ0n) is 11.1. The third-order valence-electron chi connectivity index (χ3n) is 2.65. The van der Waals surface area contributed by atoms with E-state index in [2.05, 4.69) is 5.32 Å². The molecule has 0 heterocycles. The molecule has 21 heavy (non-hydrogen) atoms. The van der Waals surface area contributed by atoms with Crippen molar-refractivity contribution in [2.24, 2.45) is 0 Å². The molecule has 1 amide bonds. The zero-order chi connectivity index (χ0) is 15.2. The number of carbonyl (C=O) groups excluding carboxylic acids is 1. The molecule has 0 unspecified atom stereocenters. The summed E-state index contributed by atoms with van der Waals surface area (Å²) in [5.41, 5.74) is 6.69. The van der Waals surface area contributed by atoms with Gasteiger partial charge in [0.1, 0.15) is 5.82 Å². The highest BCUT2D eigenvalue weighted by molar-refractivity contribution is 5.91. The molecule has 0 fully saturated rings. The van der Waals surface area contributed by atoms with Gasteiger partial charge in [0.15, 0.2) is 11.6 Å². The molecule has 0 radical (unpaired) electrons. The van der Waals surface area contributed by atoms with Crippen molar-refractivity contribution < 1.29 is 18.3 Å². The van der Waals surface area contributed by atoms with Crippen molar-refractivity contribution in [3.63, 3.8) is 0 Å². The summed E-state index contributed by atoms with van der Waals surface area (Å²) in [5.74, 6) is -1.80. The van der Waals surface area contributed by atoms with Gasteiger partial charge in [0, 0.05) is 17.4 Å². The Morgan fingerprint density at radius 3 is 2.76 bits per heavy atom. The quantitative estimate of drug-likeness (QED) is 0.833.